The van der Waals surface area contributed by atoms with Gasteiger partial charge in [0, 0.05) is 30.2 Å². The molecule has 2 aliphatic rings. The number of rotatable bonds is 6. The summed E-state index contributed by atoms with van der Waals surface area (Å²) in [5.74, 6) is 0.180. The fourth-order valence-corrected chi connectivity index (χ4v) is 5.33. The summed E-state index contributed by atoms with van der Waals surface area (Å²) in [5.41, 5.74) is 0.295. The lowest BCUT2D eigenvalue weighted by Gasteiger charge is -2.31. The lowest BCUT2D eigenvalue weighted by molar-refractivity contribution is -0.117. The van der Waals surface area contributed by atoms with Crippen molar-refractivity contribution in [3.63, 3.8) is 0 Å². The highest BCUT2D eigenvalue weighted by Crippen LogP contribution is 2.36. The molecule has 4 rings (SSSR count). The number of ether oxygens (including phenoxy) is 2. The van der Waals surface area contributed by atoms with E-state index in [0.717, 1.165) is 23.7 Å². The zero-order chi connectivity index (χ0) is 23.8. The SMILES string of the molecule is CC(C)Oc1ccc(N2C(=O)C(C)N(c3ccc(N4CCOCC4)cc3)C2S(=O)(=O)O)cc1. The minimum absolute atomic E-state index is 0.0224. The molecule has 0 aromatic heterocycles. The lowest BCUT2D eigenvalue weighted by Crippen LogP contribution is -2.46. The van der Waals surface area contributed by atoms with Crippen molar-refractivity contribution in [2.24, 2.45) is 0 Å². The van der Waals surface area contributed by atoms with E-state index in [1.54, 1.807) is 43.3 Å². The van der Waals surface area contributed by atoms with Crippen LogP contribution in [0.5, 0.6) is 5.75 Å². The maximum atomic E-state index is 13.2. The van der Waals surface area contributed by atoms with Gasteiger partial charge in [-0.05, 0) is 69.3 Å². The predicted octanol–water partition coefficient (Wildman–Crippen LogP) is 2.72. The number of amides is 1. The number of anilines is 3. The van der Waals surface area contributed by atoms with Gasteiger partial charge >= 0.3 is 10.1 Å². The summed E-state index contributed by atoms with van der Waals surface area (Å²) in [5, 5.41) is 0. The second-order valence-corrected chi connectivity index (χ2v) is 9.86. The van der Waals surface area contributed by atoms with E-state index in [-0.39, 0.29) is 6.10 Å². The van der Waals surface area contributed by atoms with Crippen LogP contribution in [0, 0.1) is 0 Å². The number of hydrogen-bond acceptors (Lipinski definition) is 7. The number of morpholine rings is 1. The summed E-state index contributed by atoms with van der Waals surface area (Å²) in [7, 11) is -4.65. The van der Waals surface area contributed by atoms with Crippen LogP contribution < -0.4 is 19.4 Å². The molecule has 9 nitrogen and oxygen atoms in total. The zero-order valence-electron chi connectivity index (χ0n) is 18.9. The largest absolute Gasteiger partial charge is 0.491 e. The van der Waals surface area contributed by atoms with Crippen LogP contribution in [0.25, 0.3) is 0 Å². The van der Waals surface area contributed by atoms with E-state index in [2.05, 4.69) is 4.90 Å². The van der Waals surface area contributed by atoms with Crippen LogP contribution in [-0.4, -0.2) is 62.8 Å². The summed E-state index contributed by atoms with van der Waals surface area (Å²) in [6.45, 7) is 8.28. The molecule has 2 heterocycles. The Labute approximate surface area is 194 Å². The van der Waals surface area contributed by atoms with Gasteiger partial charge in [-0.15, -0.1) is 0 Å². The van der Waals surface area contributed by atoms with Crippen LogP contribution >= 0.6 is 0 Å². The average Bonchev–Trinajstić information content (AvgIpc) is 3.06. The van der Waals surface area contributed by atoms with E-state index in [0.29, 0.717) is 30.3 Å². The van der Waals surface area contributed by atoms with Crippen molar-refractivity contribution in [2.75, 3.05) is 41.0 Å². The molecule has 2 fully saturated rings. The molecule has 178 valence electrons. The van der Waals surface area contributed by atoms with Gasteiger partial charge in [-0.2, -0.15) is 8.42 Å². The van der Waals surface area contributed by atoms with Crippen molar-refractivity contribution in [1.82, 2.24) is 0 Å². The van der Waals surface area contributed by atoms with Crippen molar-refractivity contribution in [3.8, 4) is 5.75 Å². The molecule has 33 heavy (non-hydrogen) atoms. The molecule has 10 heteroatoms. The Morgan fingerprint density at radius 2 is 1.52 bits per heavy atom. The third-order valence-electron chi connectivity index (χ3n) is 5.75. The Bertz CT molecular complexity index is 1080. The topological polar surface area (TPSA) is 99.6 Å². The van der Waals surface area contributed by atoms with E-state index in [4.69, 9.17) is 9.47 Å². The van der Waals surface area contributed by atoms with E-state index in [1.807, 2.05) is 26.0 Å². The monoisotopic (exact) mass is 475 g/mol. The first-order chi connectivity index (χ1) is 15.7. The third kappa shape index (κ3) is 4.78. The van der Waals surface area contributed by atoms with Crippen LogP contribution in [0.2, 0.25) is 0 Å². The van der Waals surface area contributed by atoms with Gasteiger partial charge in [0.2, 0.25) is 5.50 Å². The number of nitrogens with zero attached hydrogens (tertiary/aromatic N) is 3. The summed E-state index contributed by atoms with van der Waals surface area (Å²) < 4.78 is 46.1. The molecule has 0 aliphatic carbocycles. The molecule has 2 saturated heterocycles. The molecule has 1 N–H and O–H groups in total. The maximum absolute atomic E-state index is 13.2. The van der Waals surface area contributed by atoms with E-state index < -0.39 is 27.6 Å². The van der Waals surface area contributed by atoms with Crippen molar-refractivity contribution >= 4 is 33.1 Å². The molecule has 1 amide bonds. The van der Waals surface area contributed by atoms with Crippen LogP contribution in [0.4, 0.5) is 17.1 Å². The lowest BCUT2D eigenvalue weighted by atomic mass is 10.2. The highest BCUT2D eigenvalue weighted by Gasteiger charge is 2.51. The third-order valence-corrected chi connectivity index (χ3v) is 6.72. The van der Waals surface area contributed by atoms with Crippen LogP contribution in [0.15, 0.2) is 48.5 Å². The first-order valence-corrected chi connectivity index (χ1v) is 12.4. The molecule has 2 atom stereocenters. The van der Waals surface area contributed by atoms with Gasteiger partial charge in [0.1, 0.15) is 11.8 Å². The Morgan fingerprint density at radius 1 is 0.970 bits per heavy atom. The number of benzene rings is 2. The Hall–Kier alpha value is -2.82. The molecule has 0 bridgehead atoms. The summed E-state index contributed by atoms with van der Waals surface area (Å²) in [4.78, 5) is 17.9. The van der Waals surface area contributed by atoms with Gasteiger partial charge in [0.25, 0.3) is 5.91 Å². The first-order valence-electron chi connectivity index (χ1n) is 10.9. The standard InChI is InChI=1S/C23H29N3O6S/c1-16(2)32-21-10-8-20(9-11-21)26-22(27)17(3)25(23(26)33(28,29)30)19-6-4-18(5-7-19)24-12-14-31-15-13-24/h4-11,16-17,23H,12-15H2,1-3H3,(H,28,29,30). The van der Waals surface area contributed by atoms with Crippen LogP contribution in [0.3, 0.4) is 0 Å². The van der Waals surface area contributed by atoms with Gasteiger partial charge in [0.05, 0.1) is 19.3 Å². The molecule has 0 spiro atoms. The molecule has 2 unspecified atom stereocenters. The predicted molar refractivity (Wildman–Crippen MR) is 126 cm³/mol. The summed E-state index contributed by atoms with van der Waals surface area (Å²) in [6.07, 6.45) is -0.0224. The molecule has 2 aromatic rings. The van der Waals surface area contributed by atoms with Gasteiger partial charge < -0.3 is 19.3 Å². The molecule has 0 radical (unpaired) electrons. The Morgan fingerprint density at radius 3 is 2.06 bits per heavy atom. The number of carbonyl (C=O) groups is 1. The van der Waals surface area contributed by atoms with Gasteiger partial charge in [-0.25, -0.2) is 0 Å². The summed E-state index contributed by atoms with van der Waals surface area (Å²) in [6, 6.07) is 13.1. The van der Waals surface area contributed by atoms with Crippen LogP contribution in [-0.2, 0) is 19.6 Å². The molecule has 0 saturated carbocycles. The Balaban J connectivity index is 1.66. The normalized spacial score (nSPS) is 21.7. The zero-order valence-corrected chi connectivity index (χ0v) is 19.7. The quantitative estimate of drug-likeness (QED) is 0.637. The van der Waals surface area contributed by atoms with Crippen molar-refractivity contribution in [1.29, 1.82) is 0 Å². The second kappa shape index (κ2) is 9.20. The van der Waals surface area contributed by atoms with Gasteiger partial charge in [-0.3, -0.25) is 14.2 Å². The second-order valence-electron chi connectivity index (χ2n) is 8.41. The first kappa shape index (κ1) is 23.3. The van der Waals surface area contributed by atoms with Crippen molar-refractivity contribution < 1.29 is 27.2 Å². The summed E-state index contributed by atoms with van der Waals surface area (Å²) >= 11 is 0. The minimum Gasteiger partial charge on any atom is -0.491 e. The molecular weight excluding hydrogens is 446 g/mol. The fraction of sp³-hybridized carbons (Fsp3) is 0.435. The minimum atomic E-state index is -4.65. The molecule has 2 aromatic carbocycles. The maximum Gasteiger partial charge on any atom is 0.306 e. The van der Waals surface area contributed by atoms with E-state index >= 15 is 0 Å². The Kier molecular flexibility index (Phi) is 6.51. The van der Waals surface area contributed by atoms with Gasteiger partial charge in [-0.1, -0.05) is 0 Å². The molecule has 2 aliphatic heterocycles. The van der Waals surface area contributed by atoms with Crippen molar-refractivity contribution in [3.05, 3.63) is 48.5 Å². The smallest absolute Gasteiger partial charge is 0.306 e. The highest BCUT2D eigenvalue weighted by molar-refractivity contribution is 7.86. The van der Waals surface area contributed by atoms with Crippen molar-refractivity contribution in [2.45, 2.75) is 38.4 Å². The fourth-order valence-electron chi connectivity index (χ4n) is 4.24. The van der Waals surface area contributed by atoms with E-state index in [9.17, 15) is 17.8 Å². The van der Waals surface area contributed by atoms with Gasteiger partial charge in [0.15, 0.2) is 0 Å². The highest BCUT2D eigenvalue weighted by atomic mass is 32.2. The van der Waals surface area contributed by atoms with E-state index in [1.165, 1.54) is 4.90 Å². The van der Waals surface area contributed by atoms with Crippen LogP contribution in [0.1, 0.15) is 20.8 Å². The number of hydrogen-bond donors (Lipinski definition) is 1. The average molecular weight is 476 g/mol. The molecular formula is C23H29N3O6S. The number of carbonyl (C=O) groups excluding carboxylic acids is 1.